The molecule has 0 bridgehead atoms. The number of hydrogen-bond donors (Lipinski definition) is 1. The number of carboxylic acids is 1. The Morgan fingerprint density at radius 1 is 1.41 bits per heavy atom. The first-order chi connectivity index (χ1) is 8.05. The van der Waals surface area contributed by atoms with Gasteiger partial charge in [-0.1, -0.05) is 30.3 Å². The number of quaternary nitrogens is 1. The Morgan fingerprint density at radius 3 is 2.65 bits per heavy atom. The van der Waals surface area contributed by atoms with Gasteiger partial charge in [0.25, 0.3) is 0 Å². The van der Waals surface area contributed by atoms with E-state index in [1.165, 1.54) is 5.56 Å². The van der Waals surface area contributed by atoms with Gasteiger partial charge in [0.15, 0.2) is 6.04 Å². The molecule has 0 spiro atoms. The molecule has 3 nitrogen and oxygen atoms in total. The summed E-state index contributed by atoms with van der Waals surface area (Å²) < 4.78 is 0.624. The van der Waals surface area contributed by atoms with E-state index in [1.807, 2.05) is 18.2 Å². The summed E-state index contributed by atoms with van der Waals surface area (Å²) >= 11 is 0. The van der Waals surface area contributed by atoms with E-state index in [0.717, 1.165) is 19.4 Å². The van der Waals surface area contributed by atoms with Gasteiger partial charge >= 0.3 is 5.97 Å². The highest BCUT2D eigenvalue weighted by Gasteiger charge is 2.46. The van der Waals surface area contributed by atoms with E-state index < -0.39 is 5.97 Å². The summed E-state index contributed by atoms with van der Waals surface area (Å²) in [6.45, 7) is 3.09. The van der Waals surface area contributed by atoms with Crippen LogP contribution >= 0.6 is 0 Å². The lowest BCUT2D eigenvalue weighted by atomic mass is 10.0. The van der Waals surface area contributed by atoms with Crippen LogP contribution in [0.4, 0.5) is 0 Å². The van der Waals surface area contributed by atoms with Gasteiger partial charge in [0.1, 0.15) is 6.04 Å². The Kier molecular flexibility index (Phi) is 3.20. The van der Waals surface area contributed by atoms with Crippen molar-refractivity contribution in [1.82, 2.24) is 0 Å². The molecule has 0 amide bonds. The summed E-state index contributed by atoms with van der Waals surface area (Å²) in [5.41, 5.74) is 1.23. The van der Waals surface area contributed by atoms with E-state index in [1.54, 1.807) is 0 Å². The van der Waals surface area contributed by atoms with Crippen LogP contribution in [0.25, 0.3) is 0 Å². The summed E-state index contributed by atoms with van der Waals surface area (Å²) in [5.74, 6) is -0.659. The molecule has 1 heterocycles. The van der Waals surface area contributed by atoms with Gasteiger partial charge in [-0.2, -0.15) is 0 Å². The van der Waals surface area contributed by atoms with E-state index in [2.05, 4.69) is 26.1 Å². The molecule has 0 aromatic heterocycles. The van der Waals surface area contributed by atoms with Crippen LogP contribution in [-0.4, -0.2) is 35.2 Å². The molecule has 1 aromatic carbocycles. The highest BCUT2D eigenvalue weighted by Crippen LogP contribution is 2.36. The molecule has 1 unspecified atom stereocenters. The average molecular weight is 234 g/mol. The standard InChI is InChI=1S/C14H19NO2/c1-11(12-7-4-3-5-8-12)15(2)10-6-9-13(15)14(16)17/h3-5,7-8,11,13H,6,9-10H2,1-2H3/p+1/t11-,13-,15?/m0/s1. The van der Waals surface area contributed by atoms with Crippen molar-refractivity contribution in [3.05, 3.63) is 35.9 Å². The SMILES string of the molecule is C[C@@H](c1ccccc1)[N+]1(C)CCC[C@H]1C(=O)O. The topological polar surface area (TPSA) is 37.3 Å². The summed E-state index contributed by atoms with van der Waals surface area (Å²) in [6, 6.07) is 10.2. The fraction of sp³-hybridized carbons (Fsp3) is 0.500. The molecular weight excluding hydrogens is 214 g/mol. The molecular formula is C14H20NO2+. The van der Waals surface area contributed by atoms with Crippen molar-refractivity contribution in [2.45, 2.75) is 31.8 Å². The monoisotopic (exact) mass is 234 g/mol. The lowest BCUT2D eigenvalue weighted by molar-refractivity contribution is -0.941. The largest absolute Gasteiger partial charge is 0.477 e. The third-order valence-electron chi connectivity index (χ3n) is 4.28. The van der Waals surface area contributed by atoms with Gasteiger partial charge in [0.2, 0.25) is 0 Å². The number of aliphatic carboxylic acids is 1. The molecule has 0 aliphatic carbocycles. The Morgan fingerprint density at radius 2 is 2.06 bits per heavy atom. The van der Waals surface area contributed by atoms with Crippen molar-refractivity contribution in [3.63, 3.8) is 0 Å². The summed E-state index contributed by atoms with van der Waals surface area (Å²) in [4.78, 5) is 11.3. The minimum absolute atomic E-state index is 0.236. The molecule has 92 valence electrons. The van der Waals surface area contributed by atoms with Crippen LogP contribution in [0, 0.1) is 0 Å². The molecule has 1 N–H and O–H groups in total. The van der Waals surface area contributed by atoms with Gasteiger partial charge in [-0.3, -0.25) is 0 Å². The number of carbonyl (C=O) groups is 1. The van der Waals surface area contributed by atoms with Gasteiger partial charge < -0.3 is 9.59 Å². The molecule has 3 heteroatoms. The van der Waals surface area contributed by atoms with Crippen molar-refractivity contribution < 1.29 is 14.4 Å². The molecule has 1 aromatic rings. The summed E-state index contributed by atoms with van der Waals surface area (Å²) in [5, 5.41) is 9.33. The average Bonchev–Trinajstić information content (AvgIpc) is 2.73. The minimum Gasteiger partial charge on any atom is -0.477 e. The number of benzene rings is 1. The van der Waals surface area contributed by atoms with E-state index >= 15 is 0 Å². The molecule has 1 aliphatic heterocycles. The summed E-state index contributed by atoms with van der Waals surface area (Å²) in [6.07, 6.45) is 1.80. The van der Waals surface area contributed by atoms with Crippen LogP contribution in [0.3, 0.4) is 0 Å². The molecule has 1 saturated heterocycles. The predicted octanol–water partition coefficient (Wildman–Crippen LogP) is 2.44. The lowest BCUT2D eigenvalue weighted by Crippen LogP contribution is -2.53. The van der Waals surface area contributed by atoms with E-state index in [0.29, 0.717) is 4.48 Å². The maximum Gasteiger partial charge on any atom is 0.362 e. The fourth-order valence-corrected chi connectivity index (χ4v) is 2.99. The number of carboxylic acid groups (broad SMARTS) is 1. The zero-order valence-electron chi connectivity index (χ0n) is 10.5. The first-order valence-electron chi connectivity index (χ1n) is 6.18. The Labute approximate surface area is 102 Å². The van der Waals surface area contributed by atoms with Crippen LogP contribution in [0.2, 0.25) is 0 Å². The van der Waals surface area contributed by atoms with Crippen molar-refractivity contribution >= 4 is 5.97 Å². The van der Waals surface area contributed by atoms with Crippen LogP contribution in [0.1, 0.15) is 31.4 Å². The molecule has 0 saturated carbocycles. The van der Waals surface area contributed by atoms with Gasteiger partial charge in [-0.25, -0.2) is 4.79 Å². The van der Waals surface area contributed by atoms with Crippen LogP contribution in [-0.2, 0) is 4.79 Å². The highest BCUT2D eigenvalue weighted by molar-refractivity contribution is 5.72. The number of hydrogen-bond acceptors (Lipinski definition) is 1. The van der Waals surface area contributed by atoms with Crippen LogP contribution in [0.5, 0.6) is 0 Å². The minimum atomic E-state index is -0.659. The normalized spacial score (nSPS) is 30.1. The number of nitrogens with zero attached hydrogens (tertiary/aromatic N) is 1. The maximum atomic E-state index is 11.3. The maximum absolute atomic E-state index is 11.3. The van der Waals surface area contributed by atoms with E-state index in [4.69, 9.17) is 0 Å². The van der Waals surface area contributed by atoms with Gasteiger partial charge in [0.05, 0.1) is 13.6 Å². The smallest absolute Gasteiger partial charge is 0.362 e. The molecule has 1 fully saturated rings. The Bertz CT molecular complexity index is 404. The molecule has 0 radical (unpaired) electrons. The van der Waals surface area contributed by atoms with E-state index in [-0.39, 0.29) is 12.1 Å². The third-order valence-corrected chi connectivity index (χ3v) is 4.28. The van der Waals surface area contributed by atoms with Crippen molar-refractivity contribution in [3.8, 4) is 0 Å². The second kappa shape index (κ2) is 4.49. The number of likely N-dealkylation sites (tertiary alicyclic amines) is 1. The second-order valence-corrected chi connectivity index (χ2v) is 5.15. The van der Waals surface area contributed by atoms with Gasteiger partial charge in [-0.05, 0) is 6.92 Å². The van der Waals surface area contributed by atoms with E-state index in [9.17, 15) is 9.90 Å². The highest BCUT2D eigenvalue weighted by atomic mass is 16.4. The van der Waals surface area contributed by atoms with Crippen LogP contribution < -0.4 is 0 Å². The van der Waals surface area contributed by atoms with Crippen molar-refractivity contribution in [2.75, 3.05) is 13.6 Å². The van der Waals surface area contributed by atoms with Crippen molar-refractivity contribution in [1.29, 1.82) is 0 Å². The van der Waals surface area contributed by atoms with Gasteiger partial charge in [-0.15, -0.1) is 0 Å². The fourth-order valence-electron chi connectivity index (χ4n) is 2.99. The summed E-state index contributed by atoms with van der Waals surface area (Å²) in [7, 11) is 2.07. The van der Waals surface area contributed by atoms with Crippen LogP contribution in [0.15, 0.2) is 30.3 Å². The first kappa shape index (κ1) is 12.1. The predicted molar refractivity (Wildman–Crippen MR) is 66.6 cm³/mol. The number of rotatable bonds is 3. The molecule has 1 aliphatic rings. The zero-order valence-corrected chi connectivity index (χ0v) is 10.5. The quantitative estimate of drug-likeness (QED) is 0.816. The lowest BCUT2D eigenvalue weighted by Gasteiger charge is -2.39. The molecule has 2 rings (SSSR count). The Hall–Kier alpha value is -1.35. The van der Waals surface area contributed by atoms with Crippen molar-refractivity contribution in [2.24, 2.45) is 0 Å². The first-order valence-corrected chi connectivity index (χ1v) is 6.18. The molecule has 17 heavy (non-hydrogen) atoms. The van der Waals surface area contributed by atoms with Gasteiger partial charge in [0, 0.05) is 18.4 Å². The second-order valence-electron chi connectivity index (χ2n) is 5.15. The number of likely N-dealkylation sites (N-methyl/N-ethyl adjacent to an activating group) is 1. The zero-order chi connectivity index (χ0) is 12.5. The molecule has 3 atom stereocenters. The third kappa shape index (κ3) is 2.07. The Balaban J connectivity index is 2.29.